The molecule has 0 spiro atoms. The molecule has 1 aromatic heterocycles. The Hall–Kier alpha value is -2.45. The number of nitrogens with one attached hydrogen (secondary N) is 2. The first-order valence-corrected chi connectivity index (χ1v) is 13.4. The molecule has 4 rings (SSSR count). The van der Waals surface area contributed by atoms with Gasteiger partial charge < -0.3 is 4.52 Å². The Morgan fingerprint density at radius 2 is 1.82 bits per heavy atom. The maximum atomic E-state index is 13.4. The fraction of sp³-hybridized carbons (Fsp3) is 0.300. The molecule has 0 radical (unpaired) electrons. The molecular weight excluding hydrogens is 488 g/mol. The lowest BCUT2D eigenvalue weighted by molar-refractivity contribution is -0.124. The molecule has 1 aliphatic heterocycles. The van der Waals surface area contributed by atoms with Gasteiger partial charge in [0.1, 0.15) is 16.6 Å². The minimum atomic E-state index is -4.17. The van der Waals surface area contributed by atoms with Gasteiger partial charge in [-0.15, -0.1) is 4.83 Å². The minimum Gasteiger partial charge on any atom is -0.360 e. The molecule has 1 aliphatic rings. The van der Waals surface area contributed by atoms with E-state index < -0.39 is 37.2 Å². The van der Waals surface area contributed by atoms with Crippen LogP contribution in [-0.4, -0.2) is 50.0 Å². The van der Waals surface area contributed by atoms with Crippen molar-refractivity contribution in [3.63, 3.8) is 0 Å². The SMILES string of the molecule is Cc1noc(C)c1S(=O)(=O)NNC(=O)[C@@H]1C[C@@H](S)CN1S(=O)(=O)c1ccc2ccccc2c1. The maximum Gasteiger partial charge on any atom is 0.262 e. The van der Waals surface area contributed by atoms with Gasteiger partial charge in [0.15, 0.2) is 5.76 Å². The lowest BCUT2D eigenvalue weighted by Gasteiger charge is -2.23. The number of sulfonamides is 2. The number of amides is 1. The van der Waals surface area contributed by atoms with Gasteiger partial charge in [-0.25, -0.2) is 16.8 Å². The van der Waals surface area contributed by atoms with Crippen molar-refractivity contribution in [2.75, 3.05) is 6.54 Å². The predicted octanol–water partition coefficient (Wildman–Crippen LogP) is 1.52. The van der Waals surface area contributed by atoms with Crippen LogP contribution in [0.15, 0.2) is 56.8 Å². The number of fused-ring (bicyclic) bond motifs is 1. The summed E-state index contributed by atoms with van der Waals surface area (Å²) in [5.41, 5.74) is 2.26. The van der Waals surface area contributed by atoms with Crippen LogP contribution in [0.5, 0.6) is 0 Å². The van der Waals surface area contributed by atoms with E-state index >= 15 is 0 Å². The highest BCUT2D eigenvalue weighted by Crippen LogP contribution is 2.30. The number of carbonyl (C=O) groups excluding carboxylic acids is 1. The van der Waals surface area contributed by atoms with E-state index in [0.29, 0.717) is 0 Å². The van der Waals surface area contributed by atoms with Gasteiger partial charge in [-0.05, 0) is 43.2 Å². The molecule has 0 bridgehead atoms. The fourth-order valence-electron chi connectivity index (χ4n) is 3.86. The Balaban J connectivity index is 1.57. The molecule has 2 N–H and O–H groups in total. The van der Waals surface area contributed by atoms with Crippen LogP contribution in [0.3, 0.4) is 0 Å². The molecule has 1 fully saturated rings. The van der Waals surface area contributed by atoms with E-state index in [1.54, 1.807) is 24.3 Å². The molecule has 0 unspecified atom stereocenters. The number of hydrazine groups is 1. The third-order valence-electron chi connectivity index (χ3n) is 5.41. The van der Waals surface area contributed by atoms with Gasteiger partial charge in [0.2, 0.25) is 10.0 Å². The van der Waals surface area contributed by atoms with E-state index in [1.165, 1.54) is 19.9 Å². The molecule has 2 atom stereocenters. The van der Waals surface area contributed by atoms with Crippen molar-refractivity contribution in [2.45, 2.75) is 41.4 Å². The molecule has 2 aromatic carbocycles. The number of aryl methyl sites for hydroxylation is 2. The summed E-state index contributed by atoms with van der Waals surface area (Å²) >= 11 is 4.36. The summed E-state index contributed by atoms with van der Waals surface area (Å²) < 4.78 is 57.8. The Kier molecular flexibility index (Phi) is 6.26. The third kappa shape index (κ3) is 4.51. The number of aromatic nitrogens is 1. The van der Waals surface area contributed by atoms with Gasteiger partial charge in [0, 0.05) is 11.8 Å². The van der Waals surface area contributed by atoms with Crippen LogP contribution in [0, 0.1) is 13.8 Å². The molecule has 3 aromatic rings. The quantitative estimate of drug-likeness (QED) is 0.337. The molecule has 10 nitrogen and oxygen atoms in total. The van der Waals surface area contributed by atoms with Crippen LogP contribution in [0.2, 0.25) is 0 Å². The van der Waals surface area contributed by atoms with Crippen molar-refractivity contribution < 1.29 is 26.2 Å². The minimum absolute atomic E-state index is 0.00692. The van der Waals surface area contributed by atoms with Crippen molar-refractivity contribution in [3.05, 3.63) is 53.9 Å². The summed E-state index contributed by atoms with van der Waals surface area (Å²) in [5.74, 6) is -0.753. The summed E-state index contributed by atoms with van der Waals surface area (Å²) in [6.45, 7) is 2.89. The van der Waals surface area contributed by atoms with E-state index in [2.05, 4.69) is 23.2 Å². The second-order valence-electron chi connectivity index (χ2n) is 7.74. The average Bonchev–Trinajstić information content (AvgIpc) is 3.34. The first-order valence-electron chi connectivity index (χ1n) is 9.94. The lowest BCUT2D eigenvalue weighted by atomic mass is 10.1. The smallest absolute Gasteiger partial charge is 0.262 e. The van der Waals surface area contributed by atoms with Crippen molar-refractivity contribution in [1.82, 2.24) is 19.7 Å². The maximum absolute atomic E-state index is 13.4. The van der Waals surface area contributed by atoms with E-state index in [-0.39, 0.29) is 34.2 Å². The van der Waals surface area contributed by atoms with Gasteiger partial charge in [-0.1, -0.05) is 35.5 Å². The zero-order valence-electron chi connectivity index (χ0n) is 17.7. The summed E-state index contributed by atoms with van der Waals surface area (Å²) in [5, 5.41) is 4.82. The zero-order valence-corrected chi connectivity index (χ0v) is 20.2. The predicted molar refractivity (Wildman–Crippen MR) is 123 cm³/mol. The highest BCUT2D eigenvalue weighted by Gasteiger charge is 2.43. The van der Waals surface area contributed by atoms with Gasteiger partial charge in [-0.3, -0.25) is 10.2 Å². The van der Waals surface area contributed by atoms with Gasteiger partial charge >= 0.3 is 0 Å². The van der Waals surface area contributed by atoms with Crippen molar-refractivity contribution in [2.24, 2.45) is 0 Å². The molecular formula is C20H22N4O6S3. The van der Waals surface area contributed by atoms with Crippen LogP contribution in [0.1, 0.15) is 17.9 Å². The molecule has 0 aliphatic carbocycles. The van der Waals surface area contributed by atoms with Gasteiger partial charge in [0.25, 0.3) is 15.9 Å². The highest BCUT2D eigenvalue weighted by molar-refractivity contribution is 7.89. The summed E-state index contributed by atoms with van der Waals surface area (Å²) in [7, 11) is -8.22. The van der Waals surface area contributed by atoms with E-state index in [4.69, 9.17) is 4.52 Å². The third-order valence-corrected chi connectivity index (χ3v) is 9.14. The largest absolute Gasteiger partial charge is 0.360 e. The first-order chi connectivity index (χ1) is 15.5. The van der Waals surface area contributed by atoms with E-state index in [0.717, 1.165) is 15.1 Å². The summed E-state index contributed by atoms with van der Waals surface area (Å²) in [4.78, 5) is 14.7. The summed E-state index contributed by atoms with van der Waals surface area (Å²) in [6.07, 6.45) is 0.120. The van der Waals surface area contributed by atoms with Gasteiger partial charge in [0.05, 0.1) is 4.90 Å². The van der Waals surface area contributed by atoms with Crippen LogP contribution in [0.4, 0.5) is 0 Å². The number of rotatable bonds is 6. The molecule has 2 heterocycles. The first kappa shape index (κ1) is 23.7. The highest BCUT2D eigenvalue weighted by atomic mass is 32.2. The second kappa shape index (κ2) is 8.72. The standard InChI is InChI=1S/C20H22N4O6S3/c1-12-19(13(2)30-22-12)32(26,27)23-21-20(25)18-10-16(31)11-24(18)33(28,29)17-8-7-14-5-3-4-6-15(14)9-17/h3-9,16,18,23,31H,10-11H2,1-2H3,(H,21,25)/t16-,18+/m1/s1. The average molecular weight is 511 g/mol. The topological polar surface area (TPSA) is 139 Å². The normalized spacial score (nSPS) is 19.7. The van der Waals surface area contributed by atoms with Crippen molar-refractivity contribution >= 4 is 49.4 Å². The molecule has 33 heavy (non-hydrogen) atoms. The number of carbonyl (C=O) groups is 1. The van der Waals surface area contributed by atoms with Crippen molar-refractivity contribution in [3.8, 4) is 0 Å². The Morgan fingerprint density at radius 1 is 1.12 bits per heavy atom. The number of benzene rings is 2. The number of hydrogen-bond donors (Lipinski definition) is 3. The van der Waals surface area contributed by atoms with Crippen LogP contribution in [-0.2, 0) is 24.8 Å². The lowest BCUT2D eigenvalue weighted by Crippen LogP contribution is -2.51. The molecule has 1 saturated heterocycles. The number of nitrogens with zero attached hydrogens (tertiary/aromatic N) is 2. The summed E-state index contributed by atoms with van der Waals surface area (Å²) in [6, 6.07) is 10.9. The molecule has 1 amide bonds. The molecule has 176 valence electrons. The number of thiol groups is 1. The van der Waals surface area contributed by atoms with E-state index in [1.807, 2.05) is 17.0 Å². The van der Waals surface area contributed by atoms with Crippen LogP contribution < -0.4 is 10.3 Å². The zero-order chi connectivity index (χ0) is 24.0. The van der Waals surface area contributed by atoms with Crippen molar-refractivity contribution in [1.29, 1.82) is 0 Å². The Bertz CT molecular complexity index is 1420. The Labute approximate surface area is 196 Å². The monoisotopic (exact) mass is 510 g/mol. The van der Waals surface area contributed by atoms with Crippen LogP contribution >= 0.6 is 12.6 Å². The fourth-order valence-corrected chi connectivity index (χ4v) is 7.21. The number of hydrogen-bond acceptors (Lipinski definition) is 8. The van der Waals surface area contributed by atoms with Gasteiger partial charge in [-0.2, -0.15) is 16.9 Å². The Morgan fingerprint density at radius 3 is 2.48 bits per heavy atom. The molecule has 13 heteroatoms. The second-order valence-corrected chi connectivity index (χ2v) is 12.0. The van der Waals surface area contributed by atoms with Crippen LogP contribution in [0.25, 0.3) is 10.8 Å². The molecule has 0 saturated carbocycles. The van der Waals surface area contributed by atoms with E-state index in [9.17, 15) is 21.6 Å².